The summed E-state index contributed by atoms with van der Waals surface area (Å²) in [7, 11) is 0. The number of rotatable bonds is 9. The molecule has 1 fully saturated rings. The monoisotopic (exact) mass is 454 g/mol. The number of anilines is 1. The van der Waals surface area contributed by atoms with Crippen molar-refractivity contribution >= 4 is 5.95 Å². The van der Waals surface area contributed by atoms with Crippen LogP contribution in [0.15, 0.2) is 30.5 Å². The molecule has 2 aromatic rings. The van der Waals surface area contributed by atoms with E-state index in [0.29, 0.717) is 36.1 Å². The quantitative estimate of drug-likeness (QED) is 0.562. The maximum atomic E-state index is 13.6. The maximum Gasteiger partial charge on any atom is 0.222 e. The lowest BCUT2D eigenvalue weighted by Crippen LogP contribution is -2.37. The molecule has 0 amide bonds. The van der Waals surface area contributed by atoms with Gasteiger partial charge in [0, 0.05) is 6.54 Å². The zero-order valence-corrected chi connectivity index (χ0v) is 20.1. The van der Waals surface area contributed by atoms with Gasteiger partial charge in [0.25, 0.3) is 0 Å². The number of aliphatic hydroxyl groups excluding tert-OH is 1. The molecule has 0 saturated heterocycles. The minimum absolute atomic E-state index is 0.0190. The Kier molecular flexibility index (Phi) is 7.91. The fourth-order valence-electron chi connectivity index (χ4n) is 4.29. The van der Waals surface area contributed by atoms with Gasteiger partial charge in [0.2, 0.25) is 5.95 Å². The van der Waals surface area contributed by atoms with Gasteiger partial charge < -0.3 is 15.2 Å². The SMILES string of the molecule is CC(C)(F)COc1ccc(CCNc2ncc(C#N)c(C[C@@H]3CC[C@H](O)C(C)(C)C3)n2)cc1. The standard InChI is InChI=1S/C26H35FN4O2/c1-25(2)14-19(7-10-23(25)32)13-22-20(15-28)16-30-24(31-22)29-12-11-18-5-8-21(9-6-18)33-17-26(3,4)27/h5-6,8-9,16,19,23,32H,7,10-14,17H2,1-4H3,(H,29,30,31)/t19-,23-/m0/s1. The summed E-state index contributed by atoms with van der Waals surface area (Å²) in [5.74, 6) is 1.56. The van der Waals surface area contributed by atoms with Crippen molar-refractivity contribution in [3.63, 3.8) is 0 Å². The second-order valence-electron chi connectivity index (χ2n) is 10.3. The van der Waals surface area contributed by atoms with E-state index in [0.717, 1.165) is 36.9 Å². The molecular weight excluding hydrogens is 419 g/mol. The Hall–Kier alpha value is -2.72. The summed E-state index contributed by atoms with van der Waals surface area (Å²) in [6.45, 7) is 7.84. The van der Waals surface area contributed by atoms with Crippen LogP contribution in [0.1, 0.15) is 63.8 Å². The third-order valence-electron chi connectivity index (χ3n) is 6.24. The van der Waals surface area contributed by atoms with Gasteiger partial charge in [-0.3, -0.25) is 0 Å². The number of halogens is 1. The number of hydrogen-bond donors (Lipinski definition) is 2. The zero-order valence-electron chi connectivity index (χ0n) is 20.1. The second-order valence-corrected chi connectivity index (χ2v) is 10.3. The van der Waals surface area contributed by atoms with E-state index in [-0.39, 0.29) is 18.1 Å². The lowest BCUT2D eigenvalue weighted by atomic mass is 9.69. The van der Waals surface area contributed by atoms with Crippen molar-refractivity contribution in [1.29, 1.82) is 5.26 Å². The Balaban J connectivity index is 1.55. The first-order valence-electron chi connectivity index (χ1n) is 11.6. The van der Waals surface area contributed by atoms with E-state index in [4.69, 9.17) is 4.74 Å². The Morgan fingerprint density at radius 3 is 2.64 bits per heavy atom. The highest BCUT2D eigenvalue weighted by atomic mass is 19.1. The molecule has 178 valence electrons. The topological polar surface area (TPSA) is 91.1 Å². The van der Waals surface area contributed by atoms with Crippen LogP contribution in [0.2, 0.25) is 0 Å². The highest BCUT2D eigenvalue weighted by Gasteiger charge is 2.35. The van der Waals surface area contributed by atoms with Gasteiger partial charge in [0.1, 0.15) is 24.1 Å². The average Bonchev–Trinajstić information content (AvgIpc) is 2.75. The normalized spacial score (nSPS) is 20.2. The minimum atomic E-state index is -1.36. The van der Waals surface area contributed by atoms with Crippen molar-refractivity contribution in [2.45, 2.75) is 71.6 Å². The summed E-state index contributed by atoms with van der Waals surface area (Å²) in [5.41, 5.74) is 0.913. The first-order chi connectivity index (χ1) is 15.6. The fourth-order valence-corrected chi connectivity index (χ4v) is 4.29. The Bertz CT molecular complexity index is 964. The third-order valence-corrected chi connectivity index (χ3v) is 6.24. The van der Waals surface area contributed by atoms with Crippen LogP contribution in [0.4, 0.5) is 10.3 Å². The lowest BCUT2D eigenvalue weighted by molar-refractivity contribution is -0.00748. The van der Waals surface area contributed by atoms with Crippen molar-refractivity contribution in [3.05, 3.63) is 47.3 Å². The van der Waals surface area contributed by atoms with Gasteiger partial charge in [0.05, 0.1) is 23.6 Å². The largest absolute Gasteiger partial charge is 0.490 e. The fraction of sp³-hybridized carbons (Fsp3) is 0.577. The van der Waals surface area contributed by atoms with Crippen LogP contribution in [-0.4, -0.2) is 40.0 Å². The number of ether oxygens (including phenoxy) is 1. The third kappa shape index (κ3) is 7.40. The van der Waals surface area contributed by atoms with E-state index in [9.17, 15) is 14.8 Å². The van der Waals surface area contributed by atoms with Gasteiger partial charge in [-0.2, -0.15) is 5.26 Å². The Morgan fingerprint density at radius 1 is 1.27 bits per heavy atom. The maximum absolute atomic E-state index is 13.6. The van der Waals surface area contributed by atoms with Crippen molar-refractivity contribution in [2.75, 3.05) is 18.5 Å². The summed E-state index contributed by atoms with van der Waals surface area (Å²) in [5, 5.41) is 23.0. The molecule has 1 aromatic carbocycles. The summed E-state index contributed by atoms with van der Waals surface area (Å²) in [6.07, 6.45) is 5.43. The molecule has 6 nitrogen and oxygen atoms in total. The molecule has 0 radical (unpaired) electrons. The van der Waals surface area contributed by atoms with Crippen LogP contribution in [0.3, 0.4) is 0 Å². The predicted molar refractivity (Wildman–Crippen MR) is 127 cm³/mol. The second kappa shape index (κ2) is 10.5. The molecule has 1 heterocycles. The van der Waals surface area contributed by atoms with Crippen molar-refractivity contribution in [1.82, 2.24) is 9.97 Å². The smallest absolute Gasteiger partial charge is 0.222 e. The van der Waals surface area contributed by atoms with Gasteiger partial charge in [-0.25, -0.2) is 14.4 Å². The molecule has 0 spiro atoms. The molecule has 1 saturated carbocycles. The highest BCUT2D eigenvalue weighted by molar-refractivity contribution is 5.37. The Morgan fingerprint density at radius 2 is 2.00 bits per heavy atom. The number of aromatic nitrogens is 2. The average molecular weight is 455 g/mol. The Labute approximate surface area is 196 Å². The van der Waals surface area contributed by atoms with Crippen molar-refractivity contribution < 1.29 is 14.2 Å². The number of alkyl halides is 1. The molecular formula is C26H35FN4O2. The number of benzene rings is 1. The minimum Gasteiger partial charge on any atom is -0.490 e. The first kappa shape index (κ1) is 24.9. The molecule has 33 heavy (non-hydrogen) atoms. The molecule has 0 bridgehead atoms. The van der Waals surface area contributed by atoms with E-state index >= 15 is 0 Å². The number of nitriles is 1. The molecule has 1 aromatic heterocycles. The van der Waals surface area contributed by atoms with Crippen molar-refractivity contribution in [2.24, 2.45) is 11.3 Å². The van der Waals surface area contributed by atoms with E-state index in [1.54, 1.807) is 6.20 Å². The molecule has 7 heteroatoms. The van der Waals surface area contributed by atoms with E-state index in [2.05, 4.69) is 35.2 Å². The van der Waals surface area contributed by atoms with Gasteiger partial charge in [-0.15, -0.1) is 0 Å². The molecule has 2 atom stereocenters. The van der Waals surface area contributed by atoms with Crippen LogP contribution in [-0.2, 0) is 12.8 Å². The first-order valence-corrected chi connectivity index (χ1v) is 11.6. The van der Waals surface area contributed by atoms with Crippen LogP contribution in [0.25, 0.3) is 0 Å². The van der Waals surface area contributed by atoms with Gasteiger partial charge in [-0.1, -0.05) is 26.0 Å². The predicted octanol–water partition coefficient (Wildman–Crippen LogP) is 4.86. The number of hydrogen-bond acceptors (Lipinski definition) is 6. The number of aliphatic hydroxyl groups is 1. The summed E-state index contributed by atoms with van der Waals surface area (Å²) in [4.78, 5) is 8.93. The molecule has 2 N–H and O–H groups in total. The molecule has 3 rings (SSSR count). The van der Waals surface area contributed by atoms with Gasteiger partial charge >= 0.3 is 0 Å². The molecule has 1 aliphatic carbocycles. The van der Waals surface area contributed by atoms with E-state index in [1.165, 1.54) is 13.8 Å². The number of nitrogens with one attached hydrogen (secondary N) is 1. The molecule has 0 unspecified atom stereocenters. The summed E-state index contributed by atoms with van der Waals surface area (Å²) < 4.78 is 19.0. The number of nitrogens with zero attached hydrogens (tertiary/aromatic N) is 3. The molecule has 1 aliphatic rings. The molecule has 0 aliphatic heterocycles. The van der Waals surface area contributed by atoms with E-state index in [1.807, 2.05) is 24.3 Å². The summed E-state index contributed by atoms with van der Waals surface area (Å²) >= 11 is 0. The van der Waals surface area contributed by atoms with Crippen molar-refractivity contribution in [3.8, 4) is 11.8 Å². The summed E-state index contributed by atoms with van der Waals surface area (Å²) in [6, 6.07) is 9.84. The van der Waals surface area contributed by atoms with Gasteiger partial charge in [-0.05, 0) is 75.0 Å². The highest BCUT2D eigenvalue weighted by Crippen LogP contribution is 2.40. The zero-order chi connectivity index (χ0) is 24.1. The van der Waals surface area contributed by atoms with Crippen LogP contribution >= 0.6 is 0 Å². The lowest BCUT2D eigenvalue weighted by Gasteiger charge is -2.39. The van der Waals surface area contributed by atoms with Gasteiger partial charge in [0.15, 0.2) is 0 Å². The van der Waals surface area contributed by atoms with Crippen LogP contribution < -0.4 is 10.1 Å². The van der Waals surface area contributed by atoms with Crippen LogP contribution in [0.5, 0.6) is 5.75 Å². The van der Waals surface area contributed by atoms with Crippen LogP contribution in [0, 0.1) is 22.7 Å². The van der Waals surface area contributed by atoms with E-state index < -0.39 is 5.67 Å².